The quantitative estimate of drug-likeness (QED) is 0.773. The standard InChI is InChI=1S/C21H24N4/c1-25-20(23-15-24-25)14-22-21(17-9-3-2-4-10-17)19-13-7-11-16-8-5-6-12-18(16)19/h2-6,8-10,12,15,19,21-22H,7,11,13-14H2,1H3/t19-,21+/m1/s1. The molecule has 1 aliphatic carbocycles. The van der Waals surface area contributed by atoms with Crippen LogP contribution < -0.4 is 5.32 Å². The first-order valence-electron chi connectivity index (χ1n) is 9.02. The fourth-order valence-electron chi connectivity index (χ4n) is 3.97. The number of fused-ring (bicyclic) bond motifs is 1. The van der Waals surface area contributed by atoms with Crippen molar-refractivity contribution in [3.05, 3.63) is 83.4 Å². The van der Waals surface area contributed by atoms with Gasteiger partial charge >= 0.3 is 0 Å². The summed E-state index contributed by atoms with van der Waals surface area (Å²) in [6.45, 7) is 0.717. The zero-order valence-electron chi connectivity index (χ0n) is 14.6. The second kappa shape index (κ2) is 7.19. The second-order valence-corrected chi connectivity index (χ2v) is 6.77. The molecule has 0 bridgehead atoms. The van der Waals surface area contributed by atoms with Crippen molar-refractivity contribution >= 4 is 0 Å². The molecule has 0 spiro atoms. The highest BCUT2D eigenvalue weighted by atomic mass is 15.3. The average Bonchev–Trinajstić information content (AvgIpc) is 3.08. The molecule has 2 atom stereocenters. The maximum absolute atomic E-state index is 4.36. The predicted octanol–water partition coefficient (Wildman–Crippen LogP) is 3.77. The zero-order valence-corrected chi connectivity index (χ0v) is 14.6. The maximum atomic E-state index is 4.36. The summed E-state index contributed by atoms with van der Waals surface area (Å²) in [5.74, 6) is 1.45. The molecule has 4 rings (SSSR count). The van der Waals surface area contributed by atoms with E-state index in [0.29, 0.717) is 12.5 Å². The first-order valence-corrected chi connectivity index (χ1v) is 9.02. The lowest BCUT2D eigenvalue weighted by atomic mass is 9.76. The lowest BCUT2D eigenvalue weighted by molar-refractivity contribution is 0.393. The molecule has 0 fully saturated rings. The Morgan fingerprint density at radius 3 is 2.72 bits per heavy atom. The highest BCUT2D eigenvalue weighted by molar-refractivity contribution is 5.36. The number of nitrogens with one attached hydrogen (secondary N) is 1. The lowest BCUT2D eigenvalue weighted by Gasteiger charge is -2.33. The van der Waals surface area contributed by atoms with Gasteiger partial charge in [-0.1, -0.05) is 54.6 Å². The molecule has 4 nitrogen and oxygen atoms in total. The van der Waals surface area contributed by atoms with E-state index in [9.17, 15) is 0 Å². The molecule has 2 aromatic carbocycles. The smallest absolute Gasteiger partial charge is 0.140 e. The molecule has 25 heavy (non-hydrogen) atoms. The van der Waals surface area contributed by atoms with Gasteiger partial charge in [0.15, 0.2) is 0 Å². The molecule has 1 aromatic heterocycles. The SMILES string of the molecule is Cn1ncnc1CN[C@@H](c1ccccc1)[C@@H]1CCCc2ccccc21. The third-order valence-electron chi connectivity index (χ3n) is 5.26. The maximum Gasteiger partial charge on any atom is 0.140 e. The molecule has 0 unspecified atom stereocenters. The van der Waals surface area contributed by atoms with E-state index in [-0.39, 0.29) is 6.04 Å². The summed E-state index contributed by atoms with van der Waals surface area (Å²) in [7, 11) is 1.94. The Morgan fingerprint density at radius 2 is 1.92 bits per heavy atom. The van der Waals surface area contributed by atoms with Gasteiger partial charge in [-0.05, 0) is 36.0 Å². The Morgan fingerprint density at radius 1 is 1.12 bits per heavy atom. The van der Waals surface area contributed by atoms with Gasteiger partial charge in [-0.3, -0.25) is 4.68 Å². The fraction of sp³-hybridized carbons (Fsp3) is 0.333. The van der Waals surface area contributed by atoms with Crippen molar-refractivity contribution < 1.29 is 0 Å². The number of nitrogens with zero attached hydrogens (tertiary/aromatic N) is 3. The highest BCUT2D eigenvalue weighted by Crippen LogP contribution is 2.40. The van der Waals surface area contributed by atoms with Crippen LogP contribution in [-0.4, -0.2) is 14.8 Å². The van der Waals surface area contributed by atoms with Gasteiger partial charge in [-0.2, -0.15) is 5.10 Å². The molecule has 0 saturated heterocycles. The molecular formula is C21H24N4. The summed E-state index contributed by atoms with van der Waals surface area (Å²) in [6.07, 6.45) is 5.26. The van der Waals surface area contributed by atoms with Crippen LogP contribution in [0.3, 0.4) is 0 Å². The summed E-state index contributed by atoms with van der Waals surface area (Å²) < 4.78 is 1.84. The Kier molecular flexibility index (Phi) is 4.61. The van der Waals surface area contributed by atoms with Gasteiger partial charge in [-0.15, -0.1) is 0 Å². The lowest BCUT2D eigenvalue weighted by Crippen LogP contribution is -2.30. The van der Waals surface area contributed by atoms with E-state index in [1.807, 2.05) is 11.7 Å². The van der Waals surface area contributed by atoms with Crippen LogP contribution in [0.2, 0.25) is 0 Å². The van der Waals surface area contributed by atoms with E-state index >= 15 is 0 Å². The van der Waals surface area contributed by atoms with Crippen LogP contribution in [0.25, 0.3) is 0 Å². The van der Waals surface area contributed by atoms with E-state index in [4.69, 9.17) is 0 Å². The monoisotopic (exact) mass is 332 g/mol. The van der Waals surface area contributed by atoms with E-state index in [1.165, 1.54) is 36.0 Å². The largest absolute Gasteiger partial charge is 0.302 e. The minimum atomic E-state index is 0.277. The fourth-order valence-corrected chi connectivity index (χ4v) is 3.97. The molecule has 1 aliphatic rings. The van der Waals surface area contributed by atoms with Crippen molar-refractivity contribution in [1.82, 2.24) is 20.1 Å². The first kappa shape index (κ1) is 16.0. The van der Waals surface area contributed by atoms with Crippen molar-refractivity contribution in [2.24, 2.45) is 7.05 Å². The van der Waals surface area contributed by atoms with Crippen molar-refractivity contribution in [3.8, 4) is 0 Å². The molecule has 0 amide bonds. The minimum absolute atomic E-state index is 0.277. The molecular weight excluding hydrogens is 308 g/mol. The third-order valence-corrected chi connectivity index (χ3v) is 5.26. The summed E-state index contributed by atoms with van der Waals surface area (Å²) >= 11 is 0. The number of benzene rings is 2. The van der Waals surface area contributed by atoms with Gasteiger partial charge in [-0.25, -0.2) is 4.98 Å². The van der Waals surface area contributed by atoms with Gasteiger partial charge < -0.3 is 5.32 Å². The van der Waals surface area contributed by atoms with Crippen LogP contribution in [0.1, 0.15) is 47.3 Å². The van der Waals surface area contributed by atoms with E-state index in [0.717, 1.165) is 5.82 Å². The van der Waals surface area contributed by atoms with Crippen molar-refractivity contribution in [3.63, 3.8) is 0 Å². The van der Waals surface area contributed by atoms with Crippen molar-refractivity contribution in [2.75, 3.05) is 0 Å². The molecule has 0 aliphatic heterocycles. The molecule has 4 heteroatoms. The van der Waals surface area contributed by atoms with E-state index < -0.39 is 0 Å². The van der Waals surface area contributed by atoms with Crippen LogP contribution >= 0.6 is 0 Å². The molecule has 128 valence electrons. The van der Waals surface area contributed by atoms with Crippen molar-refractivity contribution in [1.29, 1.82) is 0 Å². The van der Waals surface area contributed by atoms with Crippen molar-refractivity contribution in [2.45, 2.75) is 37.8 Å². The minimum Gasteiger partial charge on any atom is -0.302 e. The van der Waals surface area contributed by atoms with Gasteiger partial charge in [0.05, 0.1) is 6.54 Å². The zero-order chi connectivity index (χ0) is 17.1. The van der Waals surface area contributed by atoms with Crippen LogP contribution in [0.5, 0.6) is 0 Å². The first-order chi connectivity index (χ1) is 12.3. The van der Waals surface area contributed by atoms with Crippen LogP contribution in [0.15, 0.2) is 60.9 Å². The number of hydrogen-bond acceptors (Lipinski definition) is 3. The molecule has 0 radical (unpaired) electrons. The van der Waals surface area contributed by atoms with Gasteiger partial charge in [0.1, 0.15) is 12.2 Å². The van der Waals surface area contributed by atoms with E-state index in [1.54, 1.807) is 6.33 Å². The summed E-state index contributed by atoms with van der Waals surface area (Å²) in [5.41, 5.74) is 4.33. The second-order valence-electron chi connectivity index (χ2n) is 6.77. The van der Waals surface area contributed by atoms with Crippen LogP contribution in [0, 0.1) is 0 Å². The predicted molar refractivity (Wildman–Crippen MR) is 99.1 cm³/mol. The summed E-state index contributed by atoms with van der Waals surface area (Å²) in [5, 5.41) is 7.95. The third kappa shape index (κ3) is 3.35. The summed E-state index contributed by atoms with van der Waals surface area (Å²) in [6, 6.07) is 20.0. The average molecular weight is 332 g/mol. The summed E-state index contributed by atoms with van der Waals surface area (Å²) in [4.78, 5) is 4.36. The molecule has 1 N–H and O–H groups in total. The number of hydrogen-bond donors (Lipinski definition) is 1. The Bertz CT molecular complexity index is 825. The van der Waals surface area contributed by atoms with Gasteiger partial charge in [0.2, 0.25) is 0 Å². The Hall–Kier alpha value is -2.46. The van der Waals surface area contributed by atoms with Crippen LogP contribution in [0.4, 0.5) is 0 Å². The number of aromatic nitrogens is 3. The molecule has 1 heterocycles. The number of aryl methyl sites for hydroxylation is 2. The van der Waals surface area contributed by atoms with Gasteiger partial charge in [0, 0.05) is 19.0 Å². The van der Waals surface area contributed by atoms with Crippen LogP contribution in [-0.2, 0) is 20.0 Å². The Balaban J connectivity index is 1.65. The van der Waals surface area contributed by atoms with Gasteiger partial charge in [0.25, 0.3) is 0 Å². The number of rotatable bonds is 5. The Labute approximate surface area is 148 Å². The highest BCUT2D eigenvalue weighted by Gasteiger charge is 2.28. The normalized spacial score (nSPS) is 17.9. The topological polar surface area (TPSA) is 42.7 Å². The molecule has 3 aromatic rings. The molecule has 0 saturated carbocycles. The van der Waals surface area contributed by atoms with E-state index in [2.05, 4.69) is 70.0 Å².